The van der Waals surface area contributed by atoms with Gasteiger partial charge in [-0.1, -0.05) is 5.18 Å². The Kier molecular flexibility index (Phi) is 9.75. The zero-order chi connectivity index (χ0) is 28.1. The Labute approximate surface area is 227 Å². The molecule has 4 unspecified atom stereocenters. The Morgan fingerprint density at radius 1 is 1.28 bits per heavy atom. The Bertz CT molecular complexity index is 1020. The quantitative estimate of drug-likeness (QED) is 0.288. The first kappa shape index (κ1) is 29.2. The number of likely N-dealkylation sites (N-methyl/N-ethyl adjacent to an activating group) is 1. The van der Waals surface area contributed by atoms with Gasteiger partial charge in [0.25, 0.3) is 0 Å². The second-order valence-corrected chi connectivity index (χ2v) is 10.6. The van der Waals surface area contributed by atoms with E-state index in [1.807, 2.05) is 11.9 Å². The Morgan fingerprint density at radius 3 is 2.62 bits per heavy atom. The van der Waals surface area contributed by atoms with Crippen LogP contribution in [-0.2, 0) is 9.59 Å². The van der Waals surface area contributed by atoms with Crippen molar-refractivity contribution in [2.75, 3.05) is 63.6 Å². The van der Waals surface area contributed by atoms with Crippen LogP contribution in [0.3, 0.4) is 0 Å². The molecule has 4 atom stereocenters. The lowest BCUT2D eigenvalue weighted by Crippen LogP contribution is -2.62. The van der Waals surface area contributed by atoms with Gasteiger partial charge >= 0.3 is 0 Å². The molecule has 0 bridgehead atoms. The SMILES string of the molecule is CNCCN(C(=O)C1CCN(c2c(F)cncc2NC(=O)C(C(N)N=O)C2NCC(F)CN2C)CC1)C1CC1. The number of halogens is 2. The minimum Gasteiger partial charge on any atom is -0.367 e. The second-order valence-electron chi connectivity index (χ2n) is 10.6. The fourth-order valence-electron chi connectivity index (χ4n) is 5.58. The summed E-state index contributed by atoms with van der Waals surface area (Å²) in [6.45, 7) is 2.31. The molecule has 1 aromatic rings. The molecule has 2 aliphatic heterocycles. The summed E-state index contributed by atoms with van der Waals surface area (Å²) in [5.41, 5.74) is 6.19. The van der Waals surface area contributed by atoms with Gasteiger partial charge in [0.05, 0.1) is 24.2 Å². The van der Waals surface area contributed by atoms with Crippen molar-refractivity contribution >= 4 is 23.2 Å². The van der Waals surface area contributed by atoms with Crippen molar-refractivity contribution in [3.63, 3.8) is 0 Å². The van der Waals surface area contributed by atoms with E-state index in [1.165, 1.54) is 6.20 Å². The van der Waals surface area contributed by atoms with Crippen LogP contribution < -0.4 is 26.6 Å². The molecule has 3 aliphatic rings. The molecule has 0 aromatic carbocycles. The van der Waals surface area contributed by atoms with Crippen molar-refractivity contribution in [3.8, 4) is 0 Å². The van der Waals surface area contributed by atoms with Crippen LogP contribution in [0.15, 0.2) is 17.6 Å². The molecule has 12 nitrogen and oxygen atoms in total. The van der Waals surface area contributed by atoms with Gasteiger partial charge in [-0.05, 0) is 39.8 Å². The summed E-state index contributed by atoms with van der Waals surface area (Å²) < 4.78 is 28.9. The first-order valence-corrected chi connectivity index (χ1v) is 13.5. The Morgan fingerprint density at radius 2 is 2.00 bits per heavy atom. The normalized spacial score (nSPS) is 24.2. The molecule has 14 heteroatoms. The van der Waals surface area contributed by atoms with Crippen LogP contribution >= 0.6 is 0 Å². The number of carbonyl (C=O) groups is 2. The largest absolute Gasteiger partial charge is 0.367 e. The van der Waals surface area contributed by atoms with Gasteiger partial charge in [-0.2, -0.15) is 0 Å². The number of nitrogens with two attached hydrogens (primary N) is 1. The standard InChI is InChI=1S/C25H39F2N9O3/c1-29-7-10-36(17-3-4-17)25(38)15-5-8-35(9-6-15)21-18(27)12-30-13-19(21)32-24(37)20(22(28)33-39)23-31-11-16(26)14-34(23)2/h12-13,15-17,20,22-23,29,31H,3-11,14,28H2,1-2H3,(H,32,37). The van der Waals surface area contributed by atoms with Gasteiger partial charge in [-0.15, -0.1) is 4.91 Å². The van der Waals surface area contributed by atoms with Crippen LogP contribution in [0.2, 0.25) is 0 Å². The van der Waals surface area contributed by atoms with E-state index >= 15 is 4.39 Å². The Balaban J connectivity index is 1.46. The molecule has 39 heavy (non-hydrogen) atoms. The van der Waals surface area contributed by atoms with Crippen molar-refractivity contribution < 1.29 is 18.4 Å². The number of pyridine rings is 1. The number of piperidine rings is 1. The van der Waals surface area contributed by atoms with Gasteiger partial charge in [-0.25, -0.2) is 8.78 Å². The highest BCUT2D eigenvalue weighted by Gasteiger charge is 2.41. The lowest BCUT2D eigenvalue weighted by atomic mass is 9.94. The van der Waals surface area contributed by atoms with Gasteiger partial charge in [0.2, 0.25) is 11.8 Å². The van der Waals surface area contributed by atoms with Crippen LogP contribution in [-0.4, -0.2) is 105 Å². The van der Waals surface area contributed by atoms with Gasteiger partial charge in [0.1, 0.15) is 17.8 Å². The topological polar surface area (TPSA) is 148 Å². The molecule has 3 heterocycles. The third kappa shape index (κ3) is 6.86. The summed E-state index contributed by atoms with van der Waals surface area (Å²) in [7, 11) is 3.48. The first-order valence-electron chi connectivity index (χ1n) is 13.5. The van der Waals surface area contributed by atoms with Crippen LogP contribution in [0.25, 0.3) is 0 Å². The second kappa shape index (κ2) is 13.0. The molecule has 5 N–H and O–H groups in total. The monoisotopic (exact) mass is 551 g/mol. The van der Waals surface area contributed by atoms with Crippen molar-refractivity contribution in [2.45, 2.75) is 50.2 Å². The van der Waals surface area contributed by atoms with Gasteiger partial charge in [0, 0.05) is 51.2 Å². The average molecular weight is 552 g/mol. The van der Waals surface area contributed by atoms with Crippen molar-refractivity contribution in [2.24, 2.45) is 22.7 Å². The summed E-state index contributed by atoms with van der Waals surface area (Å²) in [6, 6.07) is 0.317. The maximum absolute atomic E-state index is 15.1. The number of anilines is 2. The predicted molar refractivity (Wildman–Crippen MR) is 143 cm³/mol. The number of rotatable bonds is 11. The molecular formula is C25H39F2N9O3. The van der Waals surface area contributed by atoms with E-state index in [2.05, 4.69) is 26.1 Å². The Hall–Kier alpha value is -2.81. The first-order chi connectivity index (χ1) is 18.7. The van der Waals surface area contributed by atoms with E-state index in [0.29, 0.717) is 38.5 Å². The summed E-state index contributed by atoms with van der Waals surface area (Å²) >= 11 is 0. The number of nitrogens with one attached hydrogen (secondary N) is 3. The molecular weight excluding hydrogens is 512 g/mol. The molecule has 0 radical (unpaired) electrons. The van der Waals surface area contributed by atoms with E-state index in [9.17, 15) is 18.9 Å². The zero-order valence-corrected chi connectivity index (χ0v) is 22.5. The minimum atomic E-state index is -1.41. The number of carbonyl (C=O) groups excluding carboxylic acids is 2. The molecule has 1 aromatic heterocycles. The predicted octanol–water partition coefficient (Wildman–Crippen LogP) is 0.453. The van der Waals surface area contributed by atoms with Gasteiger partial charge < -0.3 is 26.2 Å². The van der Waals surface area contributed by atoms with E-state index < -0.39 is 36.1 Å². The van der Waals surface area contributed by atoms with Crippen molar-refractivity contribution in [1.82, 2.24) is 25.4 Å². The smallest absolute Gasteiger partial charge is 0.234 e. The van der Waals surface area contributed by atoms with Crippen molar-refractivity contribution in [1.29, 1.82) is 0 Å². The zero-order valence-electron chi connectivity index (χ0n) is 22.5. The number of amides is 2. The number of nitrogens with zero attached hydrogens (tertiary/aromatic N) is 5. The molecule has 1 saturated carbocycles. The molecule has 3 fully saturated rings. The van der Waals surface area contributed by atoms with Gasteiger partial charge in [0.15, 0.2) is 12.0 Å². The van der Waals surface area contributed by atoms with E-state index in [-0.39, 0.29) is 36.3 Å². The highest BCUT2D eigenvalue weighted by molar-refractivity contribution is 5.96. The van der Waals surface area contributed by atoms with Gasteiger partial charge in [-0.3, -0.25) is 24.8 Å². The number of hydrogen-bond acceptors (Lipinski definition) is 10. The minimum absolute atomic E-state index is 0.00205. The molecule has 0 spiro atoms. The number of hydrogen-bond donors (Lipinski definition) is 4. The van der Waals surface area contributed by atoms with E-state index in [4.69, 9.17) is 5.73 Å². The fraction of sp³-hybridized carbons (Fsp3) is 0.720. The van der Waals surface area contributed by atoms with E-state index in [1.54, 1.807) is 16.8 Å². The number of nitroso groups, excluding NO2 is 1. The summed E-state index contributed by atoms with van der Waals surface area (Å²) in [5.74, 6) is -2.44. The maximum atomic E-state index is 15.1. The molecule has 2 saturated heterocycles. The molecule has 1 aliphatic carbocycles. The van der Waals surface area contributed by atoms with Crippen molar-refractivity contribution in [3.05, 3.63) is 23.1 Å². The lowest BCUT2D eigenvalue weighted by Gasteiger charge is -2.40. The maximum Gasteiger partial charge on any atom is 0.234 e. The summed E-state index contributed by atoms with van der Waals surface area (Å²) in [6.07, 6.45) is 2.30. The third-order valence-electron chi connectivity index (χ3n) is 7.81. The van der Waals surface area contributed by atoms with Crippen LogP contribution in [0.1, 0.15) is 25.7 Å². The average Bonchev–Trinajstić information content (AvgIpc) is 3.76. The fourth-order valence-corrected chi connectivity index (χ4v) is 5.58. The van der Waals surface area contributed by atoms with Crippen LogP contribution in [0.5, 0.6) is 0 Å². The van der Waals surface area contributed by atoms with Crippen LogP contribution in [0.4, 0.5) is 20.2 Å². The number of alkyl halides is 1. The number of aromatic nitrogens is 1. The van der Waals surface area contributed by atoms with E-state index in [0.717, 1.165) is 25.6 Å². The lowest BCUT2D eigenvalue weighted by molar-refractivity contribution is -0.136. The molecule has 216 valence electrons. The highest BCUT2D eigenvalue weighted by atomic mass is 19.1. The third-order valence-corrected chi connectivity index (χ3v) is 7.81. The molecule has 2 amide bonds. The molecule has 4 rings (SSSR count). The summed E-state index contributed by atoms with van der Waals surface area (Å²) in [5, 5.41) is 11.5. The summed E-state index contributed by atoms with van der Waals surface area (Å²) in [4.78, 5) is 47.2. The van der Waals surface area contributed by atoms with Crippen LogP contribution in [0, 0.1) is 22.6 Å². The highest BCUT2D eigenvalue weighted by Crippen LogP contribution is 2.35.